The Balaban J connectivity index is 1.36. The van der Waals surface area contributed by atoms with E-state index in [0.29, 0.717) is 18.4 Å². The number of nitro benzene ring substituents is 1. The lowest BCUT2D eigenvalue weighted by Crippen LogP contribution is -2.29. The molecule has 3 aromatic carbocycles. The zero-order chi connectivity index (χ0) is 22.8. The molecule has 0 bridgehead atoms. The summed E-state index contributed by atoms with van der Waals surface area (Å²) in [5.74, 6) is 0.314. The summed E-state index contributed by atoms with van der Waals surface area (Å²) in [5, 5.41) is 18.2. The number of anilines is 2. The van der Waals surface area contributed by atoms with E-state index >= 15 is 0 Å². The Kier molecular flexibility index (Phi) is 5.65. The highest BCUT2D eigenvalue weighted by atomic mass is 16.6. The second kappa shape index (κ2) is 8.90. The summed E-state index contributed by atoms with van der Waals surface area (Å²) < 4.78 is 0. The topological polar surface area (TPSA) is 84.3 Å². The van der Waals surface area contributed by atoms with Crippen molar-refractivity contribution in [2.45, 2.75) is 31.2 Å². The fraction of sp³-hybridized carbons (Fsp3) is 0.222. The van der Waals surface area contributed by atoms with Crippen molar-refractivity contribution in [2.24, 2.45) is 5.92 Å². The normalized spacial score (nSPS) is 20.4. The van der Waals surface area contributed by atoms with Gasteiger partial charge in [-0.3, -0.25) is 14.9 Å². The van der Waals surface area contributed by atoms with Crippen LogP contribution in [0.15, 0.2) is 84.9 Å². The molecule has 1 aliphatic heterocycles. The molecule has 3 atom stereocenters. The maximum Gasteiger partial charge on any atom is 0.274 e. The molecule has 5 rings (SSSR count). The number of fused-ring (bicyclic) bond motifs is 3. The minimum Gasteiger partial charge on any atom is -0.377 e. The first-order chi connectivity index (χ1) is 16.1. The van der Waals surface area contributed by atoms with Crippen LogP contribution in [-0.4, -0.2) is 10.8 Å². The van der Waals surface area contributed by atoms with E-state index in [1.54, 1.807) is 12.1 Å². The lowest BCUT2D eigenvalue weighted by atomic mass is 9.76. The zero-order valence-electron chi connectivity index (χ0n) is 18.1. The third kappa shape index (κ3) is 4.24. The van der Waals surface area contributed by atoms with Gasteiger partial charge in [0.05, 0.1) is 16.5 Å². The minimum atomic E-state index is -0.308. The summed E-state index contributed by atoms with van der Waals surface area (Å²) in [6, 6.07) is 22.7. The summed E-state index contributed by atoms with van der Waals surface area (Å²) in [7, 11) is 0. The Bertz CT molecular complexity index is 1220. The van der Waals surface area contributed by atoms with Crippen molar-refractivity contribution in [3.63, 3.8) is 0 Å². The molecule has 0 fully saturated rings. The van der Waals surface area contributed by atoms with Crippen LogP contribution >= 0.6 is 0 Å². The number of allylic oxidation sites excluding steroid dienone is 2. The van der Waals surface area contributed by atoms with Crippen LogP contribution in [0.4, 0.5) is 17.1 Å². The Morgan fingerprint density at radius 3 is 2.64 bits per heavy atom. The molecule has 1 amide bonds. The van der Waals surface area contributed by atoms with Gasteiger partial charge in [-0.1, -0.05) is 60.7 Å². The standard InChI is InChI=1S/C27H25N3O3/c31-26(16-13-18-7-2-1-3-8-18)28-19-14-15-24-23(17-19)20-10-6-11-21(20)27(29-24)22-9-4-5-12-25(22)30(32)33/h1-10,12,14-15,17,20-21,27,29H,11,13,16H2,(H,28,31). The van der Waals surface area contributed by atoms with Crippen LogP contribution in [0.1, 0.15) is 41.5 Å². The molecule has 0 saturated heterocycles. The van der Waals surface area contributed by atoms with Crippen LogP contribution in [0.3, 0.4) is 0 Å². The largest absolute Gasteiger partial charge is 0.377 e. The monoisotopic (exact) mass is 439 g/mol. The quantitative estimate of drug-likeness (QED) is 0.281. The summed E-state index contributed by atoms with van der Waals surface area (Å²) in [6.07, 6.45) is 6.31. The van der Waals surface area contributed by atoms with Crippen LogP contribution in [-0.2, 0) is 11.2 Å². The highest BCUT2D eigenvalue weighted by Gasteiger charge is 2.40. The second-order valence-electron chi connectivity index (χ2n) is 8.63. The van der Waals surface area contributed by atoms with Crippen LogP contribution < -0.4 is 10.6 Å². The first-order valence-corrected chi connectivity index (χ1v) is 11.2. The maximum atomic E-state index is 12.5. The van der Waals surface area contributed by atoms with Crippen molar-refractivity contribution in [2.75, 3.05) is 10.6 Å². The number of carbonyl (C=O) groups is 1. The van der Waals surface area contributed by atoms with Gasteiger partial charge in [-0.2, -0.15) is 0 Å². The number of amides is 1. The Labute approximate surface area is 192 Å². The van der Waals surface area contributed by atoms with Gasteiger partial charge in [-0.05, 0) is 48.1 Å². The Morgan fingerprint density at radius 1 is 1.03 bits per heavy atom. The van der Waals surface area contributed by atoms with Gasteiger partial charge >= 0.3 is 0 Å². The summed E-state index contributed by atoms with van der Waals surface area (Å²) in [5.41, 5.74) is 4.84. The molecule has 3 unspecified atom stereocenters. The zero-order valence-corrected chi connectivity index (χ0v) is 18.1. The van der Waals surface area contributed by atoms with E-state index in [9.17, 15) is 14.9 Å². The average molecular weight is 440 g/mol. The highest BCUT2D eigenvalue weighted by molar-refractivity contribution is 5.91. The van der Waals surface area contributed by atoms with Crippen molar-refractivity contribution in [3.8, 4) is 0 Å². The lowest BCUT2D eigenvalue weighted by molar-refractivity contribution is -0.385. The molecule has 0 radical (unpaired) electrons. The van der Waals surface area contributed by atoms with Crippen molar-refractivity contribution in [1.29, 1.82) is 0 Å². The summed E-state index contributed by atoms with van der Waals surface area (Å²) >= 11 is 0. The Morgan fingerprint density at radius 2 is 1.82 bits per heavy atom. The summed E-state index contributed by atoms with van der Waals surface area (Å²) in [4.78, 5) is 23.8. The first-order valence-electron chi connectivity index (χ1n) is 11.2. The number of aryl methyl sites for hydroxylation is 1. The number of nitrogens with one attached hydrogen (secondary N) is 2. The molecule has 0 spiro atoms. The smallest absolute Gasteiger partial charge is 0.274 e. The third-order valence-corrected chi connectivity index (χ3v) is 6.60. The number of nitro groups is 1. The fourth-order valence-electron chi connectivity index (χ4n) is 5.02. The SMILES string of the molecule is O=C(CCc1ccccc1)Nc1ccc2c(c1)C1C=CCC1C(c1ccccc1[N+](=O)[O-])N2. The van der Waals surface area contributed by atoms with E-state index in [1.807, 2.05) is 60.7 Å². The van der Waals surface area contributed by atoms with Gasteiger partial charge in [-0.15, -0.1) is 0 Å². The van der Waals surface area contributed by atoms with E-state index in [-0.39, 0.29) is 34.4 Å². The van der Waals surface area contributed by atoms with Crippen molar-refractivity contribution in [3.05, 3.63) is 112 Å². The van der Waals surface area contributed by atoms with Gasteiger partial charge in [0.1, 0.15) is 0 Å². The van der Waals surface area contributed by atoms with Crippen LogP contribution in [0.2, 0.25) is 0 Å². The van der Waals surface area contributed by atoms with Crippen molar-refractivity contribution in [1.82, 2.24) is 0 Å². The van der Waals surface area contributed by atoms with Crippen molar-refractivity contribution >= 4 is 23.0 Å². The number of carbonyl (C=O) groups excluding carboxylic acids is 1. The molecule has 166 valence electrons. The van der Waals surface area contributed by atoms with Gasteiger partial charge in [0.15, 0.2) is 0 Å². The van der Waals surface area contributed by atoms with Crippen LogP contribution in [0.25, 0.3) is 0 Å². The van der Waals surface area contributed by atoms with E-state index in [2.05, 4.69) is 22.8 Å². The van der Waals surface area contributed by atoms with E-state index in [4.69, 9.17) is 0 Å². The lowest BCUT2D eigenvalue weighted by Gasteiger charge is -2.37. The fourth-order valence-corrected chi connectivity index (χ4v) is 5.02. The average Bonchev–Trinajstić information content (AvgIpc) is 3.33. The first kappa shape index (κ1) is 20.9. The third-order valence-electron chi connectivity index (χ3n) is 6.60. The predicted molar refractivity (Wildman–Crippen MR) is 129 cm³/mol. The van der Waals surface area contributed by atoms with E-state index in [0.717, 1.165) is 28.9 Å². The van der Waals surface area contributed by atoms with Crippen LogP contribution in [0.5, 0.6) is 0 Å². The Hall–Kier alpha value is -3.93. The van der Waals surface area contributed by atoms with Crippen LogP contribution in [0, 0.1) is 16.0 Å². The summed E-state index contributed by atoms with van der Waals surface area (Å²) in [6.45, 7) is 0. The molecule has 2 aliphatic rings. The minimum absolute atomic E-state index is 0.0149. The number of nitrogens with zero attached hydrogens (tertiary/aromatic N) is 1. The van der Waals surface area contributed by atoms with Gasteiger partial charge in [0, 0.05) is 29.8 Å². The maximum absolute atomic E-state index is 12.5. The number of hydrogen-bond acceptors (Lipinski definition) is 4. The molecule has 33 heavy (non-hydrogen) atoms. The number of para-hydroxylation sites is 1. The number of rotatable bonds is 6. The van der Waals surface area contributed by atoms with Gasteiger partial charge < -0.3 is 10.6 Å². The second-order valence-corrected chi connectivity index (χ2v) is 8.63. The molecule has 6 heteroatoms. The van der Waals surface area contributed by atoms with E-state index in [1.165, 1.54) is 0 Å². The molecule has 0 aromatic heterocycles. The van der Waals surface area contributed by atoms with Gasteiger partial charge in [0.2, 0.25) is 5.91 Å². The van der Waals surface area contributed by atoms with Crippen molar-refractivity contribution < 1.29 is 9.72 Å². The molecule has 3 aromatic rings. The highest BCUT2D eigenvalue weighted by Crippen LogP contribution is 2.51. The number of hydrogen-bond donors (Lipinski definition) is 2. The molecule has 0 saturated carbocycles. The molecule has 6 nitrogen and oxygen atoms in total. The van der Waals surface area contributed by atoms with Gasteiger partial charge in [-0.25, -0.2) is 0 Å². The molecule has 1 heterocycles. The molecular formula is C27H25N3O3. The molecular weight excluding hydrogens is 414 g/mol. The molecule has 2 N–H and O–H groups in total. The number of benzene rings is 3. The predicted octanol–water partition coefficient (Wildman–Crippen LogP) is 5.99. The molecule has 1 aliphatic carbocycles. The van der Waals surface area contributed by atoms with E-state index < -0.39 is 0 Å². The van der Waals surface area contributed by atoms with Gasteiger partial charge in [0.25, 0.3) is 5.69 Å².